The molecule has 3 atom stereocenters. The normalized spacial score (nSPS) is 16.2. The Morgan fingerprint density at radius 1 is 1.39 bits per heavy atom. The van der Waals surface area contributed by atoms with Crippen molar-refractivity contribution in [3.8, 4) is 0 Å². The minimum absolute atomic E-state index is 0.291. The number of nitrogens with one attached hydrogen (secondary N) is 1. The summed E-state index contributed by atoms with van der Waals surface area (Å²) in [5, 5.41) is 4.07. The molecule has 1 aromatic carbocycles. The molecule has 18 heavy (non-hydrogen) atoms. The number of halogens is 1. The third kappa shape index (κ3) is 4.71. The second kappa shape index (κ2) is 7.93. The highest BCUT2D eigenvalue weighted by Crippen LogP contribution is 2.17. The second-order valence-electron chi connectivity index (χ2n) is 4.52. The molecule has 1 N–H and O–H groups in total. The van der Waals surface area contributed by atoms with Crippen molar-refractivity contribution in [1.29, 1.82) is 0 Å². The van der Waals surface area contributed by atoms with E-state index in [-0.39, 0.29) is 0 Å². The maximum atomic E-state index is 12.3. The van der Waals surface area contributed by atoms with Crippen LogP contribution in [-0.2, 0) is 10.8 Å². The van der Waals surface area contributed by atoms with E-state index in [9.17, 15) is 4.21 Å². The van der Waals surface area contributed by atoms with Crippen molar-refractivity contribution < 1.29 is 4.21 Å². The van der Waals surface area contributed by atoms with Gasteiger partial charge in [0.05, 0.1) is 10.8 Å². The van der Waals surface area contributed by atoms with E-state index in [1.54, 1.807) is 12.1 Å². The fraction of sp³-hybridized carbons (Fsp3) is 0.571. The summed E-state index contributed by atoms with van der Waals surface area (Å²) >= 11 is 5.93. The Morgan fingerprint density at radius 2 is 2.11 bits per heavy atom. The van der Waals surface area contributed by atoms with Gasteiger partial charge >= 0.3 is 0 Å². The van der Waals surface area contributed by atoms with Gasteiger partial charge in [0.2, 0.25) is 0 Å². The van der Waals surface area contributed by atoms with Crippen LogP contribution < -0.4 is 5.32 Å². The van der Waals surface area contributed by atoms with E-state index in [0.717, 1.165) is 17.9 Å². The van der Waals surface area contributed by atoms with Crippen molar-refractivity contribution in [3.05, 3.63) is 29.3 Å². The number of rotatable bonds is 7. The molecule has 0 amide bonds. The fourth-order valence-electron chi connectivity index (χ4n) is 1.84. The van der Waals surface area contributed by atoms with Gasteiger partial charge in [-0.05, 0) is 30.7 Å². The smallest absolute Gasteiger partial charge is 0.0545 e. The molecule has 0 spiro atoms. The van der Waals surface area contributed by atoms with Crippen LogP contribution in [-0.4, -0.2) is 22.5 Å². The summed E-state index contributed by atoms with van der Waals surface area (Å²) in [5.41, 5.74) is 0. The quantitative estimate of drug-likeness (QED) is 0.832. The first kappa shape index (κ1) is 15.7. The first-order valence-electron chi connectivity index (χ1n) is 6.45. The molecule has 2 nitrogen and oxygen atoms in total. The van der Waals surface area contributed by atoms with Gasteiger partial charge in [0.25, 0.3) is 0 Å². The molecule has 0 saturated heterocycles. The Kier molecular flexibility index (Phi) is 6.90. The van der Waals surface area contributed by atoms with Gasteiger partial charge in [0, 0.05) is 21.7 Å². The van der Waals surface area contributed by atoms with Crippen LogP contribution >= 0.6 is 11.6 Å². The highest BCUT2D eigenvalue weighted by atomic mass is 35.5. The average molecular weight is 288 g/mol. The third-order valence-electron chi connectivity index (χ3n) is 3.19. The lowest BCUT2D eigenvalue weighted by Crippen LogP contribution is -2.39. The second-order valence-corrected chi connectivity index (χ2v) is 6.45. The Labute approximate surface area is 118 Å². The van der Waals surface area contributed by atoms with Crippen molar-refractivity contribution >= 4 is 22.4 Å². The summed E-state index contributed by atoms with van der Waals surface area (Å²) in [6.45, 7) is 7.35. The molecule has 0 aromatic heterocycles. The van der Waals surface area contributed by atoms with Gasteiger partial charge in [-0.1, -0.05) is 44.9 Å². The summed E-state index contributed by atoms with van der Waals surface area (Å²) in [5.74, 6) is 1.16. The van der Waals surface area contributed by atoms with Crippen LogP contribution in [0.1, 0.15) is 27.2 Å². The zero-order chi connectivity index (χ0) is 13.5. The minimum atomic E-state index is -0.994. The topological polar surface area (TPSA) is 29.1 Å². The van der Waals surface area contributed by atoms with Gasteiger partial charge in [0.1, 0.15) is 0 Å². The summed E-state index contributed by atoms with van der Waals surface area (Å²) in [6.07, 6.45) is 1.09. The monoisotopic (exact) mass is 287 g/mol. The first-order valence-corrected chi connectivity index (χ1v) is 8.15. The molecule has 0 heterocycles. The van der Waals surface area contributed by atoms with Gasteiger partial charge in [-0.2, -0.15) is 0 Å². The van der Waals surface area contributed by atoms with Crippen molar-refractivity contribution in [2.24, 2.45) is 5.92 Å². The van der Waals surface area contributed by atoms with Gasteiger partial charge < -0.3 is 5.32 Å². The highest BCUT2D eigenvalue weighted by Gasteiger charge is 2.18. The summed E-state index contributed by atoms with van der Waals surface area (Å²) in [7, 11) is -0.994. The minimum Gasteiger partial charge on any atom is -0.313 e. The van der Waals surface area contributed by atoms with Crippen LogP contribution in [0.4, 0.5) is 0 Å². The van der Waals surface area contributed by atoms with E-state index in [1.807, 2.05) is 12.1 Å². The molecular formula is C14H22ClNOS. The average Bonchev–Trinajstić information content (AvgIpc) is 2.37. The van der Waals surface area contributed by atoms with E-state index >= 15 is 0 Å². The van der Waals surface area contributed by atoms with Gasteiger partial charge in [-0.15, -0.1) is 0 Å². The zero-order valence-corrected chi connectivity index (χ0v) is 12.9. The standard InChI is InChI=1S/C14H22ClNOS/c1-4-11(3)14(16-5-2)10-18(17)13-8-6-7-12(15)9-13/h6-9,11,14,16H,4-5,10H2,1-3H3. The molecule has 0 aliphatic rings. The Bertz CT molecular complexity index is 397. The molecular weight excluding hydrogens is 266 g/mol. The van der Waals surface area contributed by atoms with E-state index in [4.69, 9.17) is 11.6 Å². The molecule has 3 unspecified atom stereocenters. The fourth-order valence-corrected chi connectivity index (χ4v) is 3.55. The van der Waals surface area contributed by atoms with E-state index in [2.05, 4.69) is 26.1 Å². The largest absolute Gasteiger partial charge is 0.313 e. The predicted octanol–water partition coefficient (Wildman–Crippen LogP) is 3.47. The lowest BCUT2D eigenvalue weighted by Gasteiger charge is -2.23. The summed E-state index contributed by atoms with van der Waals surface area (Å²) in [6, 6.07) is 7.61. The number of benzene rings is 1. The Balaban J connectivity index is 2.72. The van der Waals surface area contributed by atoms with Crippen molar-refractivity contribution in [1.82, 2.24) is 5.32 Å². The lowest BCUT2D eigenvalue weighted by atomic mass is 10.0. The lowest BCUT2D eigenvalue weighted by molar-refractivity contribution is 0.401. The van der Waals surface area contributed by atoms with Gasteiger partial charge in [-0.25, -0.2) is 0 Å². The zero-order valence-electron chi connectivity index (χ0n) is 11.3. The molecule has 0 radical (unpaired) electrons. The maximum Gasteiger partial charge on any atom is 0.0545 e. The van der Waals surface area contributed by atoms with Crippen molar-refractivity contribution in [2.45, 2.75) is 38.1 Å². The molecule has 0 aliphatic carbocycles. The van der Waals surface area contributed by atoms with E-state index in [0.29, 0.717) is 22.7 Å². The van der Waals surface area contributed by atoms with Gasteiger partial charge in [0.15, 0.2) is 0 Å². The van der Waals surface area contributed by atoms with Crippen LogP contribution in [0.25, 0.3) is 0 Å². The molecule has 1 rings (SSSR count). The summed E-state index contributed by atoms with van der Waals surface area (Å²) < 4.78 is 12.3. The Hall–Kier alpha value is -0.380. The van der Waals surface area contributed by atoms with Crippen LogP contribution in [0, 0.1) is 5.92 Å². The van der Waals surface area contributed by atoms with Crippen molar-refractivity contribution in [2.75, 3.05) is 12.3 Å². The highest BCUT2D eigenvalue weighted by molar-refractivity contribution is 7.85. The van der Waals surface area contributed by atoms with E-state index < -0.39 is 10.8 Å². The Morgan fingerprint density at radius 3 is 2.67 bits per heavy atom. The van der Waals surface area contributed by atoms with Crippen LogP contribution in [0.15, 0.2) is 29.2 Å². The molecule has 0 saturated carbocycles. The SMILES string of the molecule is CCNC(CS(=O)c1cccc(Cl)c1)C(C)CC. The van der Waals surface area contributed by atoms with Crippen LogP contribution in [0.3, 0.4) is 0 Å². The first-order chi connectivity index (χ1) is 8.58. The van der Waals surface area contributed by atoms with E-state index in [1.165, 1.54) is 0 Å². The molecule has 0 bridgehead atoms. The van der Waals surface area contributed by atoms with Gasteiger partial charge in [-0.3, -0.25) is 4.21 Å². The molecule has 102 valence electrons. The summed E-state index contributed by atoms with van der Waals surface area (Å²) in [4.78, 5) is 0.814. The van der Waals surface area contributed by atoms with Crippen LogP contribution in [0.2, 0.25) is 5.02 Å². The maximum absolute atomic E-state index is 12.3. The molecule has 0 aliphatic heterocycles. The predicted molar refractivity (Wildman–Crippen MR) is 79.6 cm³/mol. The number of hydrogen-bond acceptors (Lipinski definition) is 2. The molecule has 1 aromatic rings. The number of hydrogen-bond donors (Lipinski definition) is 1. The molecule has 0 fully saturated rings. The van der Waals surface area contributed by atoms with Crippen LogP contribution in [0.5, 0.6) is 0 Å². The van der Waals surface area contributed by atoms with Crippen molar-refractivity contribution in [3.63, 3.8) is 0 Å². The third-order valence-corrected chi connectivity index (χ3v) is 4.86. The molecule has 4 heteroatoms.